The zero-order valence-corrected chi connectivity index (χ0v) is 25.0. The zero-order chi connectivity index (χ0) is 29.7. The molecule has 2 fully saturated rings. The number of aromatic nitrogens is 1. The summed E-state index contributed by atoms with van der Waals surface area (Å²) in [5.41, 5.74) is 2.22. The second kappa shape index (κ2) is 13.3. The molecule has 0 bridgehead atoms. The number of hydrogen-bond acceptors (Lipinski definition) is 6. The molecule has 2 atom stereocenters. The second-order valence-electron chi connectivity index (χ2n) is 10.6. The first kappa shape index (κ1) is 30.1. The van der Waals surface area contributed by atoms with E-state index in [1.807, 2.05) is 24.3 Å². The van der Waals surface area contributed by atoms with Crippen molar-refractivity contribution in [3.63, 3.8) is 0 Å². The molecule has 2 saturated heterocycles. The average Bonchev–Trinajstić information content (AvgIpc) is 2.99. The number of rotatable bonds is 7. The van der Waals surface area contributed by atoms with Crippen LogP contribution in [0.25, 0.3) is 0 Å². The Bertz CT molecular complexity index is 1400. The summed E-state index contributed by atoms with van der Waals surface area (Å²) in [5, 5.41) is 12.1. The predicted octanol–water partition coefficient (Wildman–Crippen LogP) is 6.18. The van der Waals surface area contributed by atoms with Gasteiger partial charge in [-0.05, 0) is 60.9 Å². The lowest BCUT2D eigenvalue weighted by Gasteiger charge is -2.36. The summed E-state index contributed by atoms with van der Waals surface area (Å²) < 4.78 is 45.0. The third kappa shape index (κ3) is 7.72. The third-order valence-corrected chi connectivity index (χ3v) is 9.01. The van der Waals surface area contributed by atoms with Crippen molar-refractivity contribution in [3.8, 4) is 11.8 Å². The molecule has 7 nitrogen and oxygen atoms in total. The van der Waals surface area contributed by atoms with E-state index in [9.17, 15) is 18.0 Å². The maximum atomic E-state index is 13.0. The van der Waals surface area contributed by atoms with Crippen molar-refractivity contribution in [3.05, 3.63) is 89.2 Å². The molecule has 0 saturated carbocycles. The molecule has 2 unspecified atom stereocenters. The van der Waals surface area contributed by atoms with Crippen LogP contribution in [0.15, 0.2) is 66.9 Å². The van der Waals surface area contributed by atoms with Crippen molar-refractivity contribution in [1.82, 2.24) is 15.2 Å². The van der Waals surface area contributed by atoms with Crippen LogP contribution >= 0.6 is 22.6 Å². The molecule has 3 heterocycles. The Labute approximate surface area is 256 Å². The van der Waals surface area contributed by atoms with Gasteiger partial charge in [-0.25, -0.2) is 0 Å². The van der Waals surface area contributed by atoms with E-state index in [1.165, 1.54) is 12.1 Å². The SMILES string of the molecule is N#Cc1ccc(CN2CCC(NC(=O)c3cc(OC4CCN(c5ccc(C(F)(F)F)cc5)CC4)ccn3)CC2I)cc1. The number of ether oxygens (including phenoxy) is 1. The van der Waals surface area contributed by atoms with Crippen LogP contribution in [-0.4, -0.2) is 51.6 Å². The number of nitrogens with zero attached hydrogens (tertiary/aromatic N) is 4. The molecule has 0 radical (unpaired) electrons. The van der Waals surface area contributed by atoms with Crippen LogP contribution in [0.3, 0.4) is 0 Å². The number of likely N-dealkylation sites (tertiary alicyclic amines) is 1. The Morgan fingerprint density at radius 1 is 1.05 bits per heavy atom. The highest BCUT2D eigenvalue weighted by Gasteiger charge is 2.31. The van der Waals surface area contributed by atoms with E-state index in [-0.39, 0.29) is 22.1 Å². The van der Waals surface area contributed by atoms with Gasteiger partial charge in [-0.3, -0.25) is 14.7 Å². The van der Waals surface area contributed by atoms with Gasteiger partial charge in [0, 0.05) is 63.0 Å². The number of nitriles is 1. The number of halogens is 4. The largest absolute Gasteiger partial charge is 0.490 e. The fraction of sp³-hybridized carbons (Fsp3) is 0.387. The lowest BCUT2D eigenvalue weighted by molar-refractivity contribution is -0.137. The number of hydrogen-bond donors (Lipinski definition) is 1. The van der Waals surface area contributed by atoms with Crippen LogP contribution in [-0.2, 0) is 12.7 Å². The number of anilines is 1. The topological polar surface area (TPSA) is 81.5 Å². The molecule has 2 aliphatic rings. The summed E-state index contributed by atoms with van der Waals surface area (Å²) in [6.45, 7) is 2.97. The Morgan fingerprint density at radius 3 is 2.40 bits per heavy atom. The second-order valence-corrected chi connectivity index (χ2v) is 12.1. The minimum atomic E-state index is -4.34. The van der Waals surface area contributed by atoms with Crippen molar-refractivity contribution in [2.75, 3.05) is 24.5 Å². The van der Waals surface area contributed by atoms with Crippen molar-refractivity contribution >= 4 is 34.2 Å². The number of piperidine rings is 2. The summed E-state index contributed by atoms with van der Waals surface area (Å²) in [7, 11) is 0. The highest BCUT2D eigenvalue weighted by Crippen LogP contribution is 2.31. The highest BCUT2D eigenvalue weighted by molar-refractivity contribution is 14.1. The number of amides is 1. The molecule has 2 aromatic carbocycles. The van der Waals surface area contributed by atoms with Gasteiger partial charge in [-0.15, -0.1) is 0 Å². The summed E-state index contributed by atoms with van der Waals surface area (Å²) in [6.07, 6.45) is 0.234. The molecule has 1 aromatic heterocycles. The molecule has 2 aliphatic heterocycles. The smallest absolute Gasteiger partial charge is 0.416 e. The summed E-state index contributed by atoms with van der Waals surface area (Å²) in [4.78, 5) is 21.7. The third-order valence-electron chi connectivity index (χ3n) is 7.71. The van der Waals surface area contributed by atoms with Crippen molar-refractivity contribution in [2.24, 2.45) is 0 Å². The molecule has 1 N–H and O–H groups in total. The van der Waals surface area contributed by atoms with Crippen LogP contribution in [0.5, 0.6) is 5.75 Å². The Hall–Kier alpha value is -3.37. The van der Waals surface area contributed by atoms with Gasteiger partial charge in [0.1, 0.15) is 17.5 Å². The Morgan fingerprint density at radius 2 is 1.76 bits per heavy atom. The molecular weight excluding hydrogens is 658 g/mol. The number of benzene rings is 2. The van der Waals surface area contributed by atoms with Gasteiger partial charge in [-0.2, -0.15) is 18.4 Å². The minimum Gasteiger partial charge on any atom is -0.490 e. The van der Waals surface area contributed by atoms with Crippen molar-refractivity contribution < 1.29 is 22.7 Å². The lowest BCUT2D eigenvalue weighted by atomic mass is 10.0. The van der Waals surface area contributed by atoms with Gasteiger partial charge in [0.05, 0.1) is 21.2 Å². The standard InChI is InChI=1S/C31H31F3IN5O2/c32-31(33,34)23-5-7-25(8-6-23)39-15-11-26(12-16-39)42-27-9-13-37-28(18-27)30(41)38-24-10-14-40(29(35)17-24)20-22-3-1-21(19-36)2-4-22/h1-9,13,18,24,26,29H,10-12,14-17,20H2,(H,38,41). The molecule has 0 aliphatic carbocycles. The molecule has 1 amide bonds. The number of pyridine rings is 1. The maximum absolute atomic E-state index is 13.0. The number of alkyl halides is 4. The molecule has 5 rings (SSSR count). The van der Waals surface area contributed by atoms with E-state index in [1.54, 1.807) is 18.3 Å². The molecule has 0 spiro atoms. The van der Waals surface area contributed by atoms with Gasteiger partial charge in [0.2, 0.25) is 0 Å². The Kier molecular flexibility index (Phi) is 9.53. The quantitative estimate of drug-likeness (QED) is 0.182. The first-order chi connectivity index (χ1) is 20.2. The van der Waals surface area contributed by atoms with Gasteiger partial charge in [-0.1, -0.05) is 34.7 Å². The number of carbonyl (C=O) groups is 1. The molecule has 42 heavy (non-hydrogen) atoms. The van der Waals surface area contributed by atoms with Crippen molar-refractivity contribution in [2.45, 2.75) is 54.6 Å². The van der Waals surface area contributed by atoms with E-state index in [0.29, 0.717) is 42.9 Å². The normalized spacial score (nSPS) is 20.1. The van der Waals surface area contributed by atoms with Crippen LogP contribution in [0.4, 0.5) is 18.9 Å². The number of nitrogens with one attached hydrogen (secondary N) is 1. The molecule has 11 heteroatoms. The first-order valence-electron chi connectivity index (χ1n) is 13.9. The van der Waals surface area contributed by atoms with Gasteiger partial charge in [0.15, 0.2) is 0 Å². The molecule has 3 aromatic rings. The summed E-state index contributed by atoms with van der Waals surface area (Å²) in [6, 6.07) is 18.5. The molecular formula is C31H31F3IN5O2. The monoisotopic (exact) mass is 689 g/mol. The average molecular weight is 690 g/mol. The fourth-order valence-corrected chi connectivity index (χ4v) is 6.43. The van der Waals surface area contributed by atoms with E-state index < -0.39 is 11.7 Å². The number of carbonyl (C=O) groups excluding carboxylic acids is 1. The maximum Gasteiger partial charge on any atom is 0.416 e. The Balaban J connectivity index is 1.09. The fourth-order valence-electron chi connectivity index (χ4n) is 5.35. The van der Waals surface area contributed by atoms with Crippen LogP contribution in [0.1, 0.15) is 52.9 Å². The van der Waals surface area contributed by atoms with E-state index in [4.69, 9.17) is 10.00 Å². The van der Waals surface area contributed by atoms with Crippen molar-refractivity contribution in [1.29, 1.82) is 5.26 Å². The summed E-state index contributed by atoms with van der Waals surface area (Å²) in [5.74, 6) is 0.346. The minimum absolute atomic E-state index is 0.0394. The van der Waals surface area contributed by atoms with Crippen LogP contribution in [0, 0.1) is 11.3 Å². The van der Waals surface area contributed by atoms with Gasteiger partial charge >= 0.3 is 6.18 Å². The predicted molar refractivity (Wildman–Crippen MR) is 161 cm³/mol. The van der Waals surface area contributed by atoms with Gasteiger partial charge in [0.25, 0.3) is 5.91 Å². The van der Waals surface area contributed by atoms with E-state index in [0.717, 1.165) is 49.3 Å². The van der Waals surface area contributed by atoms with E-state index >= 15 is 0 Å². The van der Waals surface area contributed by atoms with E-state index in [2.05, 4.69) is 48.8 Å². The lowest BCUT2D eigenvalue weighted by Crippen LogP contribution is -2.47. The van der Waals surface area contributed by atoms with Gasteiger partial charge < -0.3 is 15.0 Å². The first-order valence-corrected chi connectivity index (χ1v) is 15.2. The summed E-state index contributed by atoms with van der Waals surface area (Å²) >= 11 is 2.42. The van der Waals surface area contributed by atoms with Crippen LogP contribution < -0.4 is 15.0 Å². The highest BCUT2D eigenvalue weighted by atomic mass is 127. The zero-order valence-electron chi connectivity index (χ0n) is 22.9. The molecule has 220 valence electrons. The van der Waals surface area contributed by atoms with Crippen LogP contribution in [0.2, 0.25) is 0 Å².